The number of benzene rings is 1. The Morgan fingerprint density at radius 1 is 0.875 bits per heavy atom. The van der Waals surface area contributed by atoms with E-state index in [-0.39, 0.29) is 12.2 Å². The Bertz CT molecular complexity index is 682. The van der Waals surface area contributed by atoms with Gasteiger partial charge in [0, 0.05) is 25.2 Å². The number of hydrogen-bond acceptors (Lipinski definition) is 4. The summed E-state index contributed by atoms with van der Waals surface area (Å²) in [5.74, 6) is 0.720. The van der Waals surface area contributed by atoms with Crippen LogP contribution in [0.2, 0.25) is 0 Å². The fourth-order valence-corrected chi connectivity index (χ4v) is 6.43. The number of methoxy groups -OCH3 is 1. The van der Waals surface area contributed by atoms with Crippen molar-refractivity contribution in [2.45, 2.75) is 121 Å². The predicted octanol–water partition coefficient (Wildman–Crippen LogP) is 6.07. The molecular formula is C28H46N2O2. The van der Waals surface area contributed by atoms with Crippen molar-refractivity contribution in [2.24, 2.45) is 5.92 Å². The molecule has 3 aliphatic rings. The second kappa shape index (κ2) is 12.0. The lowest BCUT2D eigenvalue weighted by molar-refractivity contribution is -0.0210. The molecule has 0 spiro atoms. The van der Waals surface area contributed by atoms with Gasteiger partial charge < -0.3 is 20.1 Å². The van der Waals surface area contributed by atoms with E-state index in [0.29, 0.717) is 24.2 Å². The van der Waals surface area contributed by atoms with Crippen LogP contribution in [0.4, 0.5) is 0 Å². The summed E-state index contributed by atoms with van der Waals surface area (Å²) in [5.41, 5.74) is 2.74. The van der Waals surface area contributed by atoms with Crippen LogP contribution in [-0.4, -0.2) is 37.9 Å². The van der Waals surface area contributed by atoms with Gasteiger partial charge >= 0.3 is 0 Å². The molecule has 180 valence electrons. The van der Waals surface area contributed by atoms with Crippen molar-refractivity contribution in [3.63, 3.8) is 0 Å². The van der Waals surface area contributed by atoms with Crippen molar-refractivity contribution in [2.75, 3.05) is 13.7 Å². The molecular weight excluding hydrogens is 396 g/mol. The Hall–Kier alpha value is -0.940. The Morgan fingerprint density at radius 2 is 1.66 bits per heavy atom. The van der Waals surface area contributed by atoms with Gasteiger partial charge in [0.05, 0.1) is 18.3 Å². The van der Waals surface area contributed by atoms with Gasteiger partial charge in [0.1, 0.15) is 0 Å². The van der Waals surface area contributed by atoms with Gasteiger partial charge in [0.2, 0.25) is 0 Å². The Labute approximate surface area is 196 Å². The lowest BCUT2D eigenvalue weighted by atomic mass is 9.79. The number of nitrogens with one attached hydrogen (secondary N) is 2. The maximum absolute atomic E-state index is 6.47. The molecule has 1 aliphatic carbocycles. The lowest BCUT2D eigenvalue weighted by Crippen LogP contribution is -2.49. The molecule has 1 saturated carbocycles. The molecule has 0 amide bonds. The van der Waals surface area contributed by atoms with E-state index in [1.165, 1.54) is 81.8 Å². The van der Waals surface area contributed by atoms with Gasteiger partial charge in [-0.2, -0.15) is 0 Å². The minimum absolute atomic E-state index is 0.128. The summed E-state index contributed by atoms with van der Waals surface area (Å²) in [4.78, 5) is 0. The summed E-state index contributed by atoms with van der Waals surface area (Å²) < 4.78 is 12.6. The van der Waals surface area contributed by atoms with Crippen LogP contribution < -0.4 is 10.6 Å². The van der Waals surface area contributed by atoms with Crippen molar-refractivity contribution in [3.05, 3.63) is 35.4 Å². The van der Waals surface area contributed by atoms with Crippen LogP contribution in [0.15, 0.2) is 24.3 Å². The highest BCUT2D eigenvalue weighted by Gasteiger charge is 2.34. The average Bonchev–Trinajstić information content (AvgIpc) is 2.84. The summed E-state index contributed by atoms with van der Waals surface area (Å²) in [6.45, 7) is 5.42. The molecule has 2 saturated heterocycles. The average molecular weight is 443 g/mol. The normalized spacial score (nSPS) is 29.7. The minimum Gasteiger partial charge on any atom is -0.380 e. The Morgan fingerprint density at radius 3 is 2.38 bits per heavy atom. The third-order valence-electron chi connectivity index (χ3n) is 7.98. The van der Waals surface area contributed by atoms with E-state index < -0.39 is 0 Å². The monoisotopic (exact) mass is 442 g/mol. The SMILES string of the molecule is COC(C1CCCCC1)C1CCCC(c2cccc(C(OC(C)C)C3CCCCN3)c2)N1. The van der Waals surface area contributed by atoms with Gasteiger partial charge in [0.25, 0.3) is 0 Å². The van der Waals surface area contributed by atoms with E-state index in [0.717, 1.165) is 12.5 Å². The summed E-state index contributed by atoms with van der Waals surface area (Å²) in [6, 6.07) is 10.5. The molecule has 2 heterocycles. The maximum Gasteiger partial charge on any atom is 0.0981 e. The van der Waals surface area contributed by atoms with Crippen molar-refractivity contribution < 1.29 is 9.47 Å². The molecule has 3 fully saturated rings. The van der Waals surface area contributed by atoms with Gasteiger partial charge in [-0.1, -0.05) is 49.9 Å². The molecule has 0 bridgehead atoms. The van der Waals surface area contributed by atoms with Crippen molar-refractivity contribution in [1.82, 2.24) is 10.6 Å². The van der Waals surface area contributed by atoms with Crippen molar-refractivity contribution in [3.8, 4) is 0 Å². The van der Waals surface area contributed by atoms with E-state index in [9.17, 15) is 0 Å². The van der Waals surface area contributed by atoms with Gasteiger partial charge in [-0.3, -0.25) is 0 Å². The number of ether oxygens (including phenoxy) is 2. The largest absolute Gasteiger partial charge is 0.380 e. The smallest absolute Gasteiger partial charge is 0.0981 e. The zero-order valence-corrected chi connectivity index (χ0v) is 20.7. The molecule has 2 aliphatic heterocycles. The molecule has 1 aromatic rings. The van der Waals surface area contributed by atoms with Gasteiger partial charge in [-0.25, -0.2) is 0 Å². The third kappa shape index (κ3) is 6.14. The summed E-state index contributed by atoms with van der Waals surface area (Å²) in [5, 5.41) is 7.75. The summed E-state index contributed by atoms with van der Waals surface area (Å²) in [7, 11) is 1.93. The minimum atomic E-state index is 0.128. The quantitative estimate of drug-likeness (QED) is 0.512. The van der Waals surface area contributed by atoms with E-state index in [4.69, 9.17) is 9.47 Å². The highest BCUT2D eigenvalue weighted by molar-refractivity contribution is 5.29. The standard InChI is InChI=1S/C28H46N2O2/c1-20(2)32-28(25-15-7-8-18-29-25)23-14-9-13-22(19-23)24-16-10-17-26(30-24)27(31-3)21-11-5-4-6-12-21/h9,13-14,19-21,24-30H,4-8,10-12,15-18H2,1-3H3. The van der Waals surface area contributed by atoms with Crippen LogP contribution in [0.1, 0.15) is 108 Å². The molecule has 0 radical (unpaired) electrons. The Balaban J connectivity index is 1.48. The van der Waals surface area contributed by atoms with Crippen LogP contribution in [0.5, 0.6) is 0 Å². The first kappa shape index (κ1) is 24.2. The summed E-state index contributed by atoms with van der Waals surface area (Å²) in [6.07, 6.45) is 15.0. The molecule has 5 atom stereocenters. The number of hydrogen-bond donors (Lipinski definition) is 2. The first-order chi connectivity index (χ1) is 15.7. The van der Waals surface area contributed by atoms with E-state index in [1.807, 2.05) is 7.11 Å². The zero-order chi connectivity index (χ0) is 22.3. The van der Waals surface area contributed by atoms with E-state index in [2.05, 4.69) is 48.7 Å². The van der Waals surface area contributed by atoms with Crippen molar-refractivity contribution in [1.29, 1.82) is 0 Å². The molecule has 4 heteroatoms. The highest BCUT2D eigenvalue weighted by Crippen LogP contribution is 2.36. The predicted molar refractivity (Wildman–Crippen MR) is 132 cm³/mol. The third-order valence-corrected chi connectivity index (χ3v) is 7.98. The van der Waals surface area contributed by atoms with Crippen LogP contribution in [-0.2, 0) is 9.47 Å². The molecule has 32 heavy (non-hydrogen) atoms. The second-order valence-electron chi connectivity index (χ2n) is 10.7. The van der Waals surface area contributed by atoms with Gasteiger partial charge in [0.15, 0.2) is 0 Å². The number of piperidine rings is 2. The van der Waals surface area contributed by atoms with E-state index >= 15 is 0 Å². The highest BCUT2D eigenvalue weighted by atomic mass is 16.5. The van der Waals surface area contributed by atoms with Crippen LogP contribution in [0.3, 0.4) is 0 Å². The molecule has 4 nitrogen and oxygen atoms in total. The van der Waals surface area contributed by atoms with Gasteiger partial charge in [-0.05, 0) is 82.4 Å². The maximum atomic E-state index is 6.47. The first-order valence-electron chi connectivity index (χ1n) is 13.4. The second-order valence-corrected chi connectivity index (χ2v) is 10.7. The van der Waals surface area contributed by atoms with Crippen LogP contribution in [0.25, 0.3) is 0 Å². The first-order valence-corrected chi connectivity index (χ1v) is 13.4. The fraction of sp³-hybridized carbons (Fsp3) is 0.786. The van der Waals surface area contributed by atoms with Gasteiger partial charge in [-0.15, -0.1) is 0 Å². The van der Waals surface area contributed by atoms with Crippen LogP contribution >= 0.6 is 0 Å². The molecule has 1 aromatic carbocycles. The summed E-state index contributed by atoms with van der Waals surface area (Å²) >= 11 is 0. The van der Waals surface area contributed by atoms with Crippen LogP contribution in [0, 0.1) is 5.92 Å². The lowest BCUT2D eigenvalue weighted by Gasteiger charge is -2.40. The molecule has 2 N–H and O–H groups in total. The molecule has 0 aromatic heterocycles. The van der Waals surface area contributed by atoms with Crippen molar-refractivity contribution >= 4 is 0 Å². The Kier molecular flexibility index (Phi) is 9.05. The topological polar surface area (TPSA) is 42.5 Å². The fourth-order valence-electron chi connectivity index (χ4n) is 6.43. The number of rotatable bonds is 8. The zero-order valence-electron chi connectivity index (χ0n) is 20.7. The van der Waals surface area contributed by atoms with E-state index in [1.54, 1.807) is 0 Å². The molecule has 4 rings (SSSR count). The molecule has 5 unspecified atom stereocenters.